The molecule has 0 aromatic carbocycles. The van der Waals surface area contributed by atoms with Crippen molar-refractivity contribution in [2.45, 2.75) is 40.5 Å². The maximum atomic E-state index is 11.2. The SMILES string of the molecule is CCN(CC=CC1CC=C(C)CC1C)C(C)=O. The van der Waals surface area contributed by atoms with Crippen molar-refractivity contribution >= 4 is 5.91 Å². The molecule has 0 heterocycles. The van der Waals surface area contributed by atoms with E-state index in [9.17, 15) is 4.79 Å². The van der Waals surface area contributed by atoms with Crippen LogP contribution in [-0.2, 0) is 4.79 Å². The van der Waals surface area contributed by atoms with Crippen LogP contribution in [0.4, 0.5) is 0 Å². The minimum Gasteiger partial charge on any atom is -0.340 e. The third-order valence-corrected chi connectivity index (χ3v) is 3.65. The molecule has 0 spiro atoms. The smallest absolute Gasteiger partial charge is 0.219 e. The van der Waals surface area contributed by atoms with Gasteiger partial charge in [-0.2, -0.15) is 0 Å². The van der Waals surface area contributed by atoms with Crippen molar-refractivity contribution in [1.82, 2.24) is 4.90 Å². The van der Waals surface area contributed by atoms with Crippen LogP contribution in [0.2, 0.25) is 0 Å². The number of nitrogens with zero attached hydrogens (tertiary/aromatic N) is 1. The molecule has 0 saturated heterocycles. The third kappa shape index (κ3) is 4.37. The van der Waals surface area contributed by atoms with Crippen LogP contribution in [-0.4, -0.2) is 23.9 Å². The van der Waals surface area contributed by atoms with Crippen molar-refractivity contribution in [2.75, 3.05) is 13.1 Å². The van der Waals surface area contributed by atoms with Gasteiger partial charge in [0.2, 0.25) is 5.91 Å². The van der Waals surface area contributed by atoms with Crippen LogP contribution >= 0.6 is 0 Å². The highest BCUT2D eigenvalue weighted by Gasteiger charge is 2.17. The van der Waals surface area contributed by atoms with E-state index in [4.69, 9.17) is 0 Å². The van der Waals surface area contributed by atoms with Crippen LogP contribution in [0.3, 0.4) is 0 Å². The predicted octanol–water partition coefficient (Wildman–Crippen LogP) is 3.40. The molecular formula is C15H25NO. The Hall–Kier alpha value is -1.05. The molecule has 0 aromatic rings. The van der Waals surface area contributed by atoms with Gasteiger partial charge in [-0.3, -0.25) is 4.79 Å². The lowest BCUT2D eigenvalue weighted by molar-refractivity contribution is -0.128. The lowest BCUT2D eigenvalue weighted by Crippen LogP contribution is -2.28. The molecule has 0 saturated carbocycles. The third-order valence-electron chi connectivity index (χ3n) is 3.65. The van der Waals surface area contributed by atoms with Gasteiger partial charge in [-0.25, -0.2) is 0 Å². The Morgan fingerprint density at radius 2 is 2.29 bits per heavy atom. The van der Waals surface area contributed by atoms with Gasteiger partial charge >= 0.3 is 0 Å². The van der Waals surface area contributed by atoms with Crippen molar-refractivity contribution in [3.05, 3.63) is 23.8 Å². The van der Waals surface area contributed by atoms with Crippen molar-refractivity contribution in [1.29, 1.82) is 0 Å². The number of carbonyl (C=O) groups excluding carboxylic acids is 1. The van der Waals surface area contributed by atoms with Gasteiger partial charge in [0.25, 0.3) is 0 Å². The summed E-state index contributed by atoms with van der Waals surface area (Å²) in [6.45, 7) is 9.72. The highest BCUT2D eigenvalue weighted by molar-refractivity contribution is 5.73. The number of carbonyl (C=O) groups is 1. The van der Waals surface area contributed by atoms with Crippen LogP contribution in [0, 0.1) is 11.8 Å². The second kappa shape index (κ2) is 6.63. The van der Waals surface area contributed by atoms with Gasteiger partial charge in [0.05, 0.1) is 0 Å². The van der Waals surface area contributed by atoms with E-state index in [0.29, 0.717) is 5.92 Å². The highest BCUT2D eigenvalue weighted by Crippen LogP contribution is 2.29. The zero-order valence-corrected chi connectivity index (χ0v) is 11.6. The summed E-state index contributed by atoms with van der Waals surface area (Å²) in [4.78, 5) is 13.1. The summed E-state index contributed by atoms with van der Waals surface area (Å²) in [6, 6.07) is 0. The summed E-state index contributed by atoms with van der Waals surface area (Å²) in [5.74, 6) is 1.53. The number of rotatable bonds is 4. The molecule has 0 fully saturated rings. The van der Waals surface area contributed by atoms with Crippen molar-refractivity contribution in [3.8, 4) is 0 Å². The summed E-state index contributed by atoms with van der Waals surface area (Å²) in [7, 11) is 0. The minimum absolute atomic E-state index is 0.157. The van der Waals surface area contributed by atoms with E-state index in [2.05, 4.69) is 32.1 Å². The second-order valence-electron chi connectivity index (χ2n) is 5.12. The molecule has 2 atom stereocenters. The summed E-state index contributed by atoms with van der Waals surface area (Å²) in [5.41, 5.74) is 1.51. The molecule has 2 heteroatoms. The first-order valence-electron chi connectivity index (χ1n) is 6.62. The van der Waals surface area contributed by atoms with E-state index >= 15 is 0 Å². The largest absolute Gasteiger partial charge is 0.340 e. The molecule has 96 valence electrons. The van der Waals surface area contributed by atoms with E-state index < -0.39 is 0 Å². The Labute approximate surface area is 105 Å². The van der Waals surface area contributed by atoms with Gasteiger partial charge in [0.1, 0.15) is 0 Å². The van der Waals surface area contributed by atoms with Crippen LogP contribution in [0.15, 0.2) is 23.8 Å². The Balaban J connectivity index is 2.46. The van der Waals surface area contributed by atoms with Crippen LogP contribution in [0.1, 0.15) is 40.5 Å². The maximum Gasteiger partial charge on any atom is 0.219 e. The molecule has 1 rings (SSSR count). The monoisotopic (exact) mass is 235 g/mol. The Morgan fingerprint density at radius 1 is 1.59 bits per heavy atom. The summed E-state index contributed by atoms with van der Waals surface area (Å²) in [6.07, 6.45) is 9.15. The lowest BCUT2D eigenvalue weighted by Gasteiger charge is -2.25. The topological polar surface area (TPSA) is 20.3 Å². The fourth-order valence-electron chi connectivity index (χ4n) is 2.42. The molecule has 17 heavy (non-hydrogen) atoms. The number of hydrogen-bond acceptors (Lipinski definition) is 1. The lowest BCUT2D eigenvalue weighted by atomic mass is 9.81. The van der Waals surface area contributed by atoms with Crippen LogP contribution < -0.4 is 0 Å². The Morgan fingerprint density at radius 3 is 2.82 bits per heavy atom. The highest BCUT2D eigenvalue weighted by atomic mass is 16.2. The fourth-order valence-corrected chi connectivity index (χ4v) is 2.42. The molecule has 0 aliphatic heterocycles. The average Bonchev–Trinajstić information content (AvgIpc) is 2.26. The van der Waals surface area contributed by atoms with E-state index in [1.54, 1.807) is 6.92 Å². The molecule has 2 nitrogen and oxygen atoms in total. The van der Waals surface area contributed by atoms with E-state index in [1.165, 1.54) is 12.0 Å². The molecule has 0 bridgehead atoms. The van der Waals surface area contributed by atoms with Gasteiger partial charge < -0.3 is 4.90 Å². The Bertz CT molecular complexity index is 317. The number of hydrogen-bond donors (Lipinski definition) is 0. The molecule has 0 aromatic heterocycles. The van der Waals surface area contributed by atoms with Crippen molar-refractivity contribution in [2.24, 2.45) is 11.8 Å². The molecule has 1 amide bonds. The minimum atomic E-state index is 0.157. The average molecular weight is 235 g/mol. The zero-order chi connectivity index (χ0) is 12.8. The van der Waals surface area contributed by atoms with Gasteiger partial charge in [-0.05, 0) is 38.5 Å². The predicted molar refractivity (Wildman–Crippen MR) is 72.7 cm³/mol. The molecular weight excluding hydrogens is 210 g/mol. The van der Waals surface area contributed by atoms with E-state index in [1.807, 2.05) is 11.8 Å². The first-order chi connectivity index (χ1) is 8.04. The Kier molecular flexibility index (Phi) is 5.46. The maximum absolute atomic E-state index is 11.2. The molecule has 2 unspecified atom stereocenters. The van der Waals surface area contributed by atoms with Gasteiger partial charge in [-0.15, -0.1) is 0 Å². The van der Waals surface area contributed by atoms with E-state index in [0.717, 1.165) is 25.4 Å². The van der Waals surface area contributed by atoms with Gasteiger partial charge in [-0.1, -0.05) is 30.7 Å². The molecule has 1 aliphatic rings. The van der Waals surface area contributed by atoms with E-state index in [-0.39, 0.29) is 5.91 Å². The zero-order valence-electron chi connectivity index (χ0n) is 11.6. The first kappa shape index (κ1) is 14.0. The molecule has 0 radical (unpaired) electrons. The number of allylic oxidation sites excluding steroid dienone is 3. The molecule has 1 aliphatic carbocycles. The number of likely N-dealkylation sites (N-methyl/N-ethyl adjacent to an activating group) is 1. The van der Waals surface area contributed by atoms with Gasteiger partial charge in [0, 0.05) is 20.0 Å². The summed E-state index contributed by atoms with van der Waals surface area (Å²) in [5, 5.41) is 0. The van der Waals surface area contributed by atoms with Crippen molar-refractivity contribution < 1.29 is 4.79 Å². The standard InChI is InChI=1S/C15H25NO/c1-5-16(14(4)17)10-6-7-15-9-8-12(2)11-13(15)3/h6-8,13,15H,5,9-11H2,1-4H3. The second-order valence-corrected chi connectivity index (χ2v) is 5.12. The van der Waals surface area contributed by atoms with Gasteiger partial charge in [0.15, 0.2) is 0 Å². The molecule has 0 N–H and O–H groups in total. The van der Waals surface area contributed by atoms with Crippen LogP contribution in [0.5, 0.6) is 0 Å². The van der Waals surface area contributed by atoms with Crippen molar-refractivity contribution in [3.63, 3.8) is 0 Å². The first-order valence-corrected chi connectivity index (χ1v) is 6.62. The summed E-state index contributed by atoms with van der Waals surface area (Å²) < 4.78 is 0. The van der Waals surface area contributed by atoms with Crippen LogP contribution in [0.25, 0.3) is 0 Å². The summed E-state index contributed by atoms with van der Waals surface area (Å²) >= 11 is 0. The fraction of sp³-hybridized carbons (Fsp3) is 0.667. The quantitative estimate of drug-likeness (QED) is 0.684. The normalized spacial score (nSPS) is 24.8. The number of amides is 1.